The molecule has 0 unspecified atom stereocenters. The number of carbonyl (C=O) groups is 2. The van der Waals surface area contributed by atoms with Gasteiger partial charge in [0.2, 0.25) is 0 Å². The van der Waals surface area contributed by atoms with Crippen LogP contribution in [0, 0.1) is 0 Å². The van der Waals surface area contributed by atoms with Crippen molar-refractivity contribution in [3.8, 4) is 0 Å². The molecule has 0 saturated carbocycles. The van der Waals surface area contributed by atoms with E-state index in [1.54, 1.807) is 0 Å². The van der Waals surface area contributed by atoms with Gasteiger partial charge >= 0.3 is 5.97 Å². The molecule has 0 fully saturated rings. The third-order valence-corrected chi connectivity index (χ3v) is 0.731. The van der Waals surface area contributed by atoms with Gasteiger partial charge in [-0.15, -0.1) is 0 Å². The first kappa shape index (κ1) is 8.62. The Kier molecular flexibility index (Phi) is 3.87. The summed E-state index contributed by atoms with van der Waals surface area (Å²) in [5.74, 6) is -0.296. The Balaban J connectivity index is 3.89. The van der Waals surface area contributed by atoms with Gasteiger partial charge in [-0.05, 0) is 6.92 Å². The summed E-state index contributed by atoms with van der Waals surface area (Å²) >= 11 is 0. The molecule has 0 atom stereocenters. The van der Waals surface area contributed by atoms with Gasteiger partial charge in [0.15, 0.2) is 0 Å². The molecule has 54 valence electrons. The van der Waals surface area contributed by atoms with Gasteiger partial charge in [0.05, 0.1) is 0 Å². The van der Waals surface area contributed by atoms with Crippen LogP contribution in [-0.2, 0) is 14.3 Å². The molecule has 0 radical (unpaired) electrons. The van der Waals surface area contributed by atoms with Crippen LogP contribution in [0.5, 0.6) is 0 Å². The maximum atomic E-state index is 10.4. The monoisotopic (exact) mass is 140 g/mol. The Labute approximate surface area is 59.0 Å². The Morgan fingerprint density at radius 2 is 2.20 bits per heavy atom. The van der Waals surface area contributed by atoms with Crippen LogP contribution in [0.1, 0.15) is 6.92 Å². The van der Waals surface area contributed by atoms with Gasteiger partial charge in [-0.1, -0.05) is 6.58 Å². The van der Waals surface area contributed by atoms with Crippen LogP contribution in [0.25, 0.3) is 0 Å². The van der Waals surface area contributed by atoms with Crippen LogP contribution in [0.4, 0.5) is 0 Å². The topological polar surface area (TPSA) is 43.4 Å². The number of esters is 1. The van der Waals surface area contributed by atoms with Gasteiger partial charge in [0, 0.05) is 12.2 Å². The fourth-order valence-corrected chi connectivity index (χ4v) is 0.330. The molecule has 0 aromatic rings. The predicted molar refractivity (Wildman–Crippen MR) is 36.1 cm³/mol. The molecule has 0 spiro atoms. The largest absolute Gasteiger partial charge is 0.428 e. The van der Waals surface area contributed by atoms with Gasteiger partial charge in [0.1, 0.15) is 12.0 Å². The van der Waals surface area contributed by atoms with E-state index in [1.807, 2.05) is 0 Å². The maximum Gasteiger partial charge on any atom is 0.335 e. The number of hydrogen-bond donors (Lipinski definition) is 0. The number of ether oxygens (including phenoxy) is 1. The van der Waals surface area contributed by atoms with Crippen LogP contribution in [0.15, 0.2) is 24.5 Å². The van der Waals surface area contributed by atoms with E-state index in [4.69, 9.17) is 0 Å². The molecule has 0 aliphatic heterocycles. The standard InChI is InChI=1S/C7H8O3/c1-3-7(9)10-6(2)4-5-8/h3-5H,1H2,2H3. The van der Waals surface area contributed by atoms with Crippen LogP contribution < -0.4 is 0 Å². The number of hydrogen-bond acceptors (Lipinski definition) is 3. The lowest BCUT2D eigenvalue weighted by Crippen LogP contribution is -1.97. The van der Waals surface area contributed by atoms with Gasteiger partial charge in [0.25, 0.3) is 0 Å². The van der Waals surface area contributed by atoms with E-state index in [2.05, 4.69) is 11.3 Å². The average molecular weight is 140 g/mol. The van der Waals surface area contributed by atoms with Crippen molar-refractivity contribution in [3.05, 3.63) is 24.5 Å². The van der Waals surface area contributed by atoms with Gasteiger partial charge in [-0.3, -0.25) is 4.79 Å². The van der Waals surface area contributed by atoms with Gasteiger partial charge < -0.3 is 4.74 Å². The van der Waals surface area contributed by atoms with E-state index < -0.39 is 5.97 Å². The van der Waals surface area contributed by atoms with Crippen LogP contribution in [-0.4, -0.2) is 12.3 Å². The summed E-state index contributed by atoms with van der Waals surface area (Å²) < 4.78 is 4.51. The van der Waals surface area contributed by atoms with Crippen molar-refractivity contribution in [2.24, 2.45) is 0 Å². The fourth-order valence-electron chi connectivity index (χ4n) is 0.330. The minimum Gasteiger partial charge on any atom is -0.428 e. The zero-order valence-corrected chi connectivity index (χ0v) is 5.66. The SMILES string of the molecule is C=CC(=O)OC(C)=CC=O. The summed E-state index contributed by atoms with van der Waals surface area (Å²) in [6.07, 6.45) is 2.73. The summed E-state index contributed by atoms with van der Waals surface area (Å²) in [5.41, 5.74) is 0. The quantitative estimate of drug-likeness (QED) is 0.252. The second kappa shape index (κ2) is 4.49. The second-order valence-electron chi connectivity index (χ2n) is 1.54. The number of rotatable bonds is 3. The van der Waals surface area contributed by atoms with Crippen LogP contribution >= 0.6 is 0 Å². The predicted octanol–water partition coefficient (Wildman–Crippen LogP) is 0.818. The highest BCUT2D eigenvalue weighted by Crippen LogP contribution is 1.93. The minimum absolute atomic E-state index is 0.264. The fraction of sp³-hybridized carbons (Fsp3) is 0.143. The first-order chi connectivity index (χ1) is 4.70. The zero-order chi connectivity index (χ0) is 7.98. The number of aldehydes is 1. The molecule has 3 heteroatoms. The average Bonchev–Trinajstić information content (AvgIpc) is 1.88. The highest BCUT2D eigenvalue weighted by atomic mass is 16.5. The van der Waals surface area contributed by atoms with Crippen molar-refractivity contribution in [2.75, 3.05) is 0 Å². The molecule has 0 heterocycles. The zero-order valence-electron chi connectivity index (χ0n) is 5.66. The molecule has 3 nitrogen and oxygen atoms in total. The summed E-state index contributed by atoms with van der Waals surface area (Å²) in [6, 6.07) is 0. The first-order valence-corrected chi connectivity index (χ1v) is 2.67. The maximum absolute atomic E-state index is 10.4. The molecular formula is C7H8O3. The van der Waals surface area contributed by atoms with Crippen molar-refractivity contribution in [2.45, 2.75) is 6.92 Å². The van der Waals surface area contributed by atoms with E-state index in [9.17, 15) is 9.59 Å². The van der Waals surface area contributed by atoms with E-state index >= 15 is 0 Å². The summed E-state index contributed by atoms with van der Waals surface area (Å²) in [7, 11) is 0. The third kappa shape index (κ3) is 3.60. The normalized spacial score (nSPS) is 10.3. The molecule has 0 bridgehead atoms. The van der Waals surface area contributed by atoms with Crippen molar-refractivity contribution in [3.63, 3.8) is 0 Å². The molecule has 0 saturated heterocycles. The van der Waals surface area contributed by atoms with E-state index in [-0.39, 0.29) is 5.76 Å². The summed E-state index contributed by atoms with van der Waals surface area (Å²) in [6.45, 7) is 4.69. The van der Waals surface area contributed by atoms with Crippen LogP contribution in [0.3, 0.4) is 0 Å². The van der Waals surface area contributed by atoms with Crippen LogP contribution in [0.2, 0.25) is 0 Å². The highest BCUT2D eigenvalue weighted by Gasteiger charge is 1.94. The van der Waals surface area contributed by atoms with Gasteiger partial charge in [-0.25, -0.2) is 4.79 Å². The van der Waals surface area contributed by atoms with E-state index in [0.717, 1.165) is 12.2 Å². The number of carbonyl (C=O) groups excluding carboxylic acids is 2. The molecular weight excluding hydrogens is 132 g/mol. The molecule has 0 aliphatic rings. The second-order valence-corrected chi connectivity index (χ2v) is 1.54. The summed E-state index contributed by atoms with van der Waals surface area (Å²) in [5, 5.41) is 0. The number of allylic oxidation sites excluding steroid dienone is 2. The Morgan fingerprint density at radius 1 is 1.60 bits per heavy atom. The van der Waals surface area contributed by atoms with Crippen molar-refractivity contribution < 1.29 is 14.3 Å². The molecule has 0 aromatic heterocycles. The van der Waals surface area contributed by atoms with Crippen molar-refractivity contribution in [1.82, 2.24) is 0 Å². The Morgan fingerprint density at radius 3 is 2.60 bits per heavy atom. The lowest BCUT2D eigenvalue weighted by atomic mass is 10.5. The summed E-state index contributed by atoms with van der Waals surface area (Å²) in [4.78, 5) is 20.2. The van der Waals surface area contributed by atoms with Crippen molar-refractivity contribution >= 4 is 12.3 Å². The molecule has 0 aromatic carbocycles. The third-order valence-electron chi connectivity index (χ3n) is 0.731. The van der Waals surface area contributed by atoms with Crippen molar-refractivity contribution in [1.29, 1.82) is 0 Å². The Hall–Kier alpha value is -1.38. The Bertz CT molecular complexity index is 179. The van der Waals surface area contributed by atoms with Gasteiger partial charge in [-0.2, -0.15) is 0 Å². The molecule has 10 heavy (non-hydrogen) atoms. The molecule has 0 aliphatic carbocycles. The molecule has 0 rings (SSSR count). The molecule has 0 amide bonds. The first-order valence-electron chi connectivity index (χ1n) is 2.67. The molecule has 0 N–H and O–H groups in total. The highest BCUT2D eigenvalue weighted by molar-refractivity contribution is 5.82. The lowest BCUT2D eigenvalue weighted by molar-refractivity contribution is -0.133. The smallest absolute Gasteiger partial charge is 0.335 e. The van der Waals surface area contributed by atoms with E-state index in [0.29, 0.717) is 6.29 Å². The minimum atomic E-state index is -0.560. The van der Waals surface area contributed by atoms with E-state index in [1.165, 1.54) is 6.92 Å². The lowest BCUT2D eigenvalue weighted by Gasteiger charge is -1.96.